The first-order chi connectivity index (χ1) is 9.34. The number of aliphatic hydroxyl groups excluding tert-OH is 1. The zero-order chi connectivity index (χ0) is 13.1. The number of aromatic nitrogens is 2. The van der Waals surface area contributed by atoms with Crippen molar-refractivity contribution in [1.82, 2.24) is 15.3 Å². The van der Waals surface area contributed by atoms with E-state index in [2.05, 4.69) is 15.3 Å². The van der Waals surface area contributed by atoms with Crippen molar-refractivity contribution in [3.63, 3.8) is 0 Å². The van der Waals surface area contributed by atoms with Crippen LogP contribution in [0.4, 0.5) is 0 Å². The van der Waals surface area contributed by atoms with Gasteiger partial charge in [-0.1, -0.05) is 30.3 Å². The first-order valence-corrected chi connectivity index (χ1v) is 6.63. The van der Waals surface area contributed by atoms with Crippen molar-refractivity contribution < 1.29 is 5.11 Å². The second-order valence-electron chi connectivity index (χ2n) is 4.76. The van der Waals surface area contributed by atoms with Crippen molar-refractivity contribution in [1.29, 1.82) is 0 Å². The maximum Gasteiger partial charge on any atom is 0.161 e. The third-order valence-corrected chi connectivity index (χ3v) is 3.44. The monoisotopic (exact) mass is 255 g/mol. The van der Waals surface area contributed by atoms with Gasteiger partial charge < -0.3 is 10.4 Å². The van der Waals surface area contributed by atoms with Gasteiger partial charge in [0.15, 0.2) is 5.82 Å². The summed E-state index contributed by atoms with van der Waals surface area (Å²) in [7, 11) is 0. The van der Waals surface area contributed by atoms with Crippen LogP contribution < -0.4 is 5.32 Å². The molecule has 19 heavy (non-hydrogen) atoms. The molecular formula is C15H17N3O. The van der Waals surface area contributed by atoms with Crippen LogP contribution in [0.25, 0.3) is 0 Å². The summed E-state index contributed by atoms with van der Waals surface area (Å²) in [5, 5.41) is 13.7. The Balaban J connectivity index is 1.91. The van der Waals surface area contributed by atoms with E-state index in [1.807, 2.05) is 36.5 Å². The molecule has 1 atom stereocenters. The van der Waals surface area contributed by atoms with Gasteiger partial charge in [0.1, 0.15) is 6.10 Å². The Hall–Kier alpha value is -1.78. The summed E-state index contributed by atoms with van der Waals surface area (Å²) >= 11 is 0. The number of benzene rings is 1. The second-order valence-corrected chi connectivity index (χ2v) is 4.76. The van der Waals surface area contributed by atoms with Crippen molar-refractivity contribution in [2.45, 2.75) is 18.9 Å². The molecule has 98 valence electrons. The van der Waals surface area contributed by atoms with E-state index in [0.29, 0.717) is 5.82 Å². The van der Waals surface area contributed by atoms with Gasteiger partial charge in [0, 0.05) is 24.9 Å². The Labute approximate surface area is 112 Å². The van der Waals surface area contributed by atoms with Gasteiger partial charge >= 0.3 is 0 Å². The van der Waals surface area contributed by atoms with Crippen LogP contribution in [0.15, 0.2) is 36.5 Å². The second kappa shape index (κ2) is 5.47. The molecule has 3 rings (SSSR count). The molecule has 1 aliphatic rings. The predicted octanol–water partition coefficient (Wildman–Crippen LogP) is 1.25. The van der Waals surface area contributed by atoms with E-state index in [1.54, 1.807) is 0 Å². The van der Waals surface area contributed by atoms with Crippen LogP contribution >= 0.6 is 0 Å². The molecular weight excluding hydrogens is 238 g/mol. The van der Waals surface area contributed by atoms with Gasteiger partial charge in [-0.05, 0) is 24.1 Å². The molecule has 2 N–H and O–H groups in total. The zero-order valence-electron chi connectivity index (χ0n) is 10.7. The average Bonchev–Trinajstić information content (AvgIpc) is 2.72. The number of rotatable bonds is 2. The lowest BCUT2D eigenvalue weighted by molar-refractivity contribution is 0.209. The Morgan fingerprint density at radius 1 is 1.11 bits per heavy atom. The Morgan fingerprint density at radius 3 is 2.74 bits per heavy atom. The standard InChI is InChI=1S/C15H17N3O/c19-14(11-4-2-1-3-5-11)15-17-10-12-6-8-16-9-7-13(12)18-15/h1-5,10,14,16,19H,6-9H2. The van der Waals surface area contributed by atoms with Crippen molar-refractivity contribution >= 4 is 0 Å². The van der Waals surface area contributed by atoms with Crippen molar-refractivity contribution in [3.05, 3.63) is 59.2 Å². The molecule has 0 amide bonds. The molecule has 0 radical (unpaired) electrons. The maximum absolute atomic E-state index is 10.3. The SMILES string of the molecule is OC(c1ccccc1)c1ncc2c(n1)CCNCC2. The summed E-state index contributed by atoms with van der Waals surface area (Å²) in [5.41, 5.74) is 3.08. The number of hydrogen-bond acceptors (Lipinski definition) is 4. The highest BCUT2D eigenvalue weighted by atomic mass is 16.3. The highest BCUT2D eigenvalue weighted by Gasteiger charge is 2.16. The largest absolute Gasteiger partial charge is 0.380 e. The van der Waals surface area contributed by atoms with Crippen LogP contribution in [0.2, 0.25) is 0 Å². The van der Waals surface area contributed by atoms with Gasteiger partial charge in [0.05, 0.1) is 0 Å². The highest BCUT2D eigenvalue weighted by molar-refractivity contribution is 5.26. The van der Waals surface area contributed by atoms with Crippen LogP contribution in [0.3, 0.4) is 0 Å². The Kier molecular flexibility index (Phi) is 3.53. The van der Waals surface area contributed by atoms with E-state index in [4.69, 9.17) is 0 Å². The average molecular weight is 255 g/mol. The summed E-state index contributed by atoms with van der Waals surface area (Å²) in [6.07, 6.45) is 2.96. The third kappa shape index (κ3) is 2.64. The van der Waals surface area contributed by atoms with Gasteiger partial charge in [-0.3, -0.25) is 0 Å². The Morgan fingerprint density at radius 2 is 1.89 bits per heavy atom. The summed E-state index contributed by atoms with van der Waals surface area (Å²) in [5.74, 6) is 0.492. The van der Waals surface area contributed by atoms with E-state index in [-0.39, 0.29) is 0 Å². The van der Waals surface area contributed by atoms with E-state index in [9.17, 15) is 5.11 Å². The van der Waals surface area contributed by atoms with Gasteiger partial charge in [0.25, 0.3) is 0 Å². The first kappa shape index (κ1) is 12.3. The van der Waals surface area contributed by atoms with Gasteiger partial charge in [0.2, 0.25) is 0 Å². The van der Waals surface area contributed by atoms with Crippen LogP contribution in [0.5, 0.6) is 0 Å². The normalized spacial score (nSPS) is 16.5. The molecule has 2 heterocycles. The molecule has 0 saturated heterocycles. The van der Waals surface area contributed by atoms with E-state index < -0.39 is 6.10 Å². The van der Waals surface area contributed by atoms with Gasteiger partial charge in [-0.15, -0.1) is 0 Å². The molecule has 0 spiro atoms. The summed E-state index contributed by atoms with van der Waals surface area (Å²) in [4.78, 5) is 8.87. The van der Waals surface area contributed by atoms with Crippen LogP contribution in [0, 0.1) is 0 Å². The number of hydrogen-bond donors (Lipinski definition) is 2. The van der Waals surface area contributed by atoms with Crippen molar-refractivity contribution in [3.8, 4) is 0 Å². The minimum absolute atomic E-state index is 0.492. The minimum atomic E-state index is -0.747. The maximum atomic E-state index is 10.3. The smallest absolute Gasteiger partial charge is 0.161 e. The summed E-state index contributed by atoms with van der Waals surface area (Å²) in [6.45, 7) is 1.90. The molecule has 0 fully saturated rings. The number of fused-ring (bicyclic) bond motifs is 1. The zero-order valence-corrected chi connectivity index (χ0v) is 10.7. The van der Waals surface area contributed by atoms with Crippen LogP contribution in [-0.4, -0.2) is 28.2 Å². The number of aliphatic hydroxyl groups is 1. The first-order valence-electron chi connectivity index (χ1n) is 6.63. The van der Waals surface area contributed by atoms with E-state index in [1.165, 1.54) is 5.56 Å². The Bertz CT molecular complexity index is 557. The molecule has 0 saturated carbocycles. The van der Waals surface area contributed by atoms with Crippen LogP contribution in [0.1, 0.15) is 28.7 Å². The molecule has 1 aliphatic heterocycles. The molecule has 1 aromatic heterocycles. The topological polar surface area (TPSA) is 58.0 Å². The van der Waals surface area contributed by atoms with Gasteiger partial charge in [-0.2, -0.15) is 0 Å². The molecule has 1 unspecified atom stereocenters. The predicted molar refractivity (Wildman–Crippen MR) is 72.8 cm³/mol. The fourth-order valence-corrected chi connectivity index (χ4v) is 2.35. The van der Waals surface area contributed by atoms with Crippen molar-refractivity contribution in [2.24, 2.45) is 0 Å². The summed E-state index contributed by atoms with van der Waals surface area (Å²) in [6, 6.07) is 9.53. The van der Waals surface area contributed by atoms with Crippen LogP contribution in [-0.2, 0) is 12.8 Å². The van der Waals surface area contributed by atoms with Gasteiger partial charge in [-0.25, -0.2) is 9.97 Å². The summed E-state index contributed by atoms with van der Waals surface area (Å²) < 4.78 is 0. The molecule has 1 aromatic carbocycles. The third-order valence-electron chi connectivity index (χ3n) is 3.44. The number of nitrogens with one attached hydrogen (secondary N) is 1. The quantitative estimate of drug-likeness (QED) is 0.848. The van der Waals surface area contributed by atoms with Crippen molar-refractivity contribution in [2.75, 3.05) is 13.1 Å². The lowest BCUT2D eigenvalue weighted by Gasteiger charge is -2.12. The lowest BCUT2D eigenvalue weighted by Crippen LogP contribution is -2.16. The fourth-order valence-electron chi connectivity index (χ4n) is 2.35. The molecule has 2 aromatic rings. The fraction of sp³-hybridized carbons (Fsp3) is 0.333. The highest BCUT2D eigenvalue weighted by Crippen LogP contribution is 2.20. The molecule has 4 nitrogen and oxygen atoms in total. The lowest BCUT2D eigenvalue weighted by atomic mass is 10.1. The van der Waals surface area contributed by atoms with E-state index in [0.717, 1.165) is 37.2 Å². The number of nitrogens with zero attached hydrogens (tertiary/aromatic N) is 2. The molecule has 0 aliphatic carbocycles. The minimum Gasteiger partial charge on any atom is -0.380 e. The molecule has 4 heteroatoms. The molecule has 0 bridgehead atoms. The van der Waals surface area contributed by atoms with E-state index >= 15 is 0 Å².